The van der Waals surface area contributed by atoms with E-state index in [-0.39, 0.29) is 6.04 Å². The molecule has 0 spiro atoms. The van der Waals surface area contributed by atoms with E-state index in [4.69, 9.17) is 4.74 Å². The third kappa shape index (κ3) is 4.62. The highest BCUT2D eigenvalue weighted by molar-refractivity contribution is 5.14. The number of piperazine rings is 1. The van der Waals surface area contributed by atoms with Crippen molar-refractivity contribution in [2.45, 2.75) is 32.5 Å². The summed E-state index contributed by atoms with van der Waals surface area (Å²) in [6.07, 6.45) is 1.01. The van der Waals surface area contributed by atoms with Crippen LogP contribution in [0.4, 0.5) is 0 Å². The minimum absolute atomic E-state index is 0.269. The topological polar surface area (TPSA) is 59.3 Å². The SMILES string of the molecule is CC[C@H](c1nnnn1CCOC)N1CCN(Cc2ccccc2)CC1. The van der Waals surface area contributed by atoms with Crippen molar-refractivity contribution in [2.24, 2.45) is 0 Å². The van der Waals surface area contributed by atoms with Crippen molar-refractivity contribution in [3.63, 3.8) is 0 Å². The van der Waals surface area contributed by atoms with Crippen LogP contribution in [-0.2, 0) is 17.8 Å². The van der Waals surface area contributed by atoms with Gasteiger partial charge in [0, 0.05) is 39.8 Å². The maximum Gasteiger partial charge on any atom is 0.168 e. The van der Waals surface area contributed by atoms with E-state index >= 15 is 0 Å². The largest absolute Gasteiger partial charge is 0.383 e. The quantitative estimate of drug-likeness (QED) is 0.725. The molecule has 1 saturated heterocycles. The molecule has 0 radical (unpaired) electrons. The van der Waals surface area contributed by atoms with Gasteiger partial charge >= 0.3 is 0 Å². The summed E-state index contributed by atoms with van der Waals surface area (Å²) in [6.45, 7) is 8.79. The first-order chi connectivity index (χ1) is 12.3. The summed E-state index contributed by atoms with van der Waals surface area (Å²) in [6, 6.07) is 11.0. The first-order valence-corrected chi connectivity index (χ1v) is 9.07. The number of ether oxygens (including phenoxy) is 1. The number of benzene rings is 1. The summed E-state index contributed by atoms with van der Waals surface area (Å²) in [5.74, 6) is 0.955. The van der Waals surface area contributed by atoms with Crippen LogP contribution in [-0.4, -0.2) is 69.9 Å². The van der Waals surface area contributed by atoms with Crippen molar-refractivity contribution >= 4 is 0 Å². The lowest BCUT2D eigenvalue weighted by Gasteiger charge is -2.38. The highest BCUT2D eigenvalue weighted by Gasteiger charge is 2.27. The van der Waals surface area contributed by atoms with E-state index < -0.39 is 0 Å². The van der Waals surface area contributed by atoms with Crippen molar-refractivity contribution in [1.82, 2.24) is 30.0 Å². The number of hydrogen-bond acceptors (Lipinski definition) is 6. The summed E-state index contributed by atoms with van der Waals surface area (Å²) in [4.78, 5) is 5.03. The minimum atomic E-state index is 0.269. The van der Waals surface area contributed by atoms with Crippen LogP contribution >= 0.6 is 0 Å². The number of hydrogen-bond donors (Lipinski definition) is 0. The fourth-order valence-corrected chi connectivity index (χ4v) is 3.47. The van der Waals surface area contributed by atoms with Gasteiger partial charge in [-0.15, -0.1) is 5.10 Å². The van der Waals surface area contributed by atoms with Gasteiger partial charge in [-0.1, -0.05) is 37.3 Å². The van der Waals surface area contributed by atoms with E-state index in [1.807, 2.05) is 4.68 Å². The zero-order valence-corrected chi connectivity index (χ0v) is 15.2. The first kappa shape index (κ1) is 18.0. The van der Waals surface area contributed by atoms with Crippen LogP contribution in [0.1, 0.15) is 30.8 Å². The molecule has 1 aromatic carbocycles. The molecule has 3 rings (SSSR count). The summed E-state index contributed by atoms with van der Waals surface area (Å²) < 4.78 is 7.05. The van der Waals surface area contributed by atoms with Crippen LogP contribution in [0.15, 0.2) is 30.3 Å². The molecule has 0 bridgehead atoms. The Kier molecular flexibility index (Phi) is 6.49. The molecule has 1 aliphatic rings. The van der Waals surface area contributed by atoms with E-state index in [1.54, 1.807) is 7.11 Å². The fraction of sp³-hybridized carbons (Fsp3) is 0.611. The Morgan fingerprint density at radius 3 is 2.56 bits per heavy atom. The molecule has 25 heavy (non-hydrogen) atoms. The Morgan fingerprint density at radius 2 is 1.88 bits per heavy atom. The molecule has 0 aliphatic carbocycles. The van der Waals surface area contributed by atoms with Crippen molar-refractivity contribution in [3.8, 4) is 0 Å². The van der Waals surface area contributed by atoms with E-state index in [0.717, 1.165) is 45.0 Å². The van der Waals surface area contributed by atoms with Gasteiger partial charge in [0.1, 0.15) is 0 Å². The molecule has 0 amide bonds. The predicted octanol–water partition coefficient (Wildman–Crippen LogP) is 1.59. The van der Waals surface area contributed by atoms with Gasteiger partial charge < -0.3 is 4.74 Å². The third-order valence-electron chi connectivity index (χ3n) is 4.85. The molecule has 1 fully saturated rings. The van der Waals surface area contributed by atoms with Gasteiger partial charge in [0.2, 0.25) is 0 Å². The lowest BCUT2D eigenvalue weighted by atomic mass is 10.1. The molecule has 7 heteroatoms. The van der Waals surface area contributed by atoms with Crippen molar-refractivity contribution in [1.29, 1.82) is 0 Å². The average molecular weight is 344 g/mol. The van der Waals surface area contributed by atoms with E-state index in [2.05, 4.69) is 62.6 Å². The maximum atomic E-state index is 5.16. The number of rotatable bonds is 8. The Balaban J connectivity index is 1.58. The molecule has 0 saturated carbocycles. The molecule has 7 nitrogen and oxygen atoms in total. The van der Waals surface area contributed by atoms with Gasteiger partial charge in [-0.3, -0.25) is 9.80 Å². The number of methoxy groups -OCH3 is 1. The Bertz CT molecular complexity index is 624. The Labute approximate surface area is 149 Å². The molecule has 1 aromatic heterocycles. The van der Waals surface area contributed by atoms with E-state index in [0.29, 0.717) is 13.2 Å². The van der Waals surface area contributed by atoms with Crippen LogP contribution in [0.3, 0.4) is 0 Å². The van der Waals surface area contributed by atoms with Crippen LogP contribution in [0.2, 0.25) is 0 Å². The highest BCUT2D eigenvalue weighted by atomic mass is 16.5. The summed E-state index contributed by atoms with van der Waals surface area (Å²) in [5, 5.41) is 12.3. The number of nitrogens with zero attached hydrogens (tertiary/aromatic N) is 6. The van der Waals surface area contributed by atoms with E-state index in [9.17, 15) is 0 Å². The van der Waals surface area contributed by atoms with Crippen molar-refractivity contribution in [2.75, 3.05) is 39.9 Å². The van der Waals surface area contributed by atoms with Crippen molar-refractivity contribution < 1.29 is 4.74 Å². The fourth-order valence-electron chi connectivity index (χ4n) is 3.47. The van der Waals surface area contributed by atoms with Crippen LogP contribution in [0.5, 0.6) is 0 Å². The molecule has 2 aromatic rings. The first-order valence-electron chi connectivity index (χ1n) is 9.07. The second-order valence-corrected chi connectivity index (χ2v) is 6.47. The molecule has 2 heterocycles. The normalized spacial score (nSPS) is 17.7. The van der Waals surface area contributed by atoms with Gasteiger partial charge in [0.25, 0.3) is 0 Å². The molecule has 1 atom stereocenters. The number of aromatic nitrogens is 4. The van der Waals surface area contributed by atoms with Gasteiger partial charge in [0.05, 0.1) is 19.2 Å². The Hall–Kier alpha value is -1.83. The summed E-state index contributed by atoms with van der Waals surface area (Å²) >= 11 is 0. The smallest absolute Gasteiger partial charge is 0.168 e. The van der Waals surface area contributed by atoms with Crippen LogP contribution < -0.4 is 0 Å². The van der Waals surface area contributed by atoms with Gasteiger partial charge in [-0.25, -0.2) is 4.68 Å². The van der Waals surface area contributed by atoms with E-state index in [1.165, 1.54) is 5.56 Å². The molecule has 0 unspecified atom stereocenters. The zero-order valence-electron chi connectivity index (χ0n) is 15.2. The Morgan fingerprint density at radius 1 is 1.12 bits per heavy atom. The number of tetrazole rings is 1. The molecular formula is C18H28N6O. The second kappa shape index (κ2) is 9.03. The lowest BCUT2D eigenvalue weighted by Crippen LogP contribution is -2.47. The third-order valence-corrected chi connectivity index (χ3v) is 4.85. The molecule has 136 valence electrons. The van der Waals surface area contributed by atoms with Gasteiger partial charge in [-0.05, 0) is 22.4 Å². The van der Waals surface area contributed by atoms with Crippen molar-refractivity contribution in [3.05, 3.63) is 41.7 Å². The molecule has 1 aliphatic heterocycles. The monoisotopic (exact) mass is 344 g/mol. The average Bonchev–Trinajstić information content (AvgIpc) is 3.11. The second-order valence-electron chi connectivity index (χ2n) is 6.47. The predicted molar refractivity (Wildman–Crippen MR) is 96.0 cm³/mol. The molecule has 0 N–H and O–H groups in total. The van der Waals surface area contributed by atoms with Gasteiger partial charge in [0.15, 0.2) is 5.82 Å². The van der Waals surface area contributed by atoms with Crippen LogP contribution in [0.25, 0.3) is 0 Å². The molecular weight excluding hydrogens is 316 g/mol. The van der Waals surface area contributed by atoms with Gasteiger partial charge in [-0.2, -0.15) is 0 Å². The highest BCUT2D eigenvalue weighted by Crippen LogP contribution is 2.23. The lowest BCUT2D eigenvalue weighted by molar-refractivity contribution is 0.0831. The summed E-state index contributed by atoms with van der Waals surface area (Å²) in [5.41, 5.74) is 1.38. The standard InChI is InChI=1S/C18H28N6O/c1-3-17(18-19-20-21-24(18)13-14-25-2)23-11-9-22(10-12-23)15-16-7-5-4-6-8-16/h4-8,17H,3,9-15H2,1-2H3/t17-/m1/s1. The van der Waals surface area contributed by atoms with Crippen LogP contribution in [0, 0.1) is 0 Å². The summed E-state index contributed by atoms with van der Waals surface area (Å²) in [7, 11) is 1.70. The maximum absolute atomic E-state index is 5.16. The zero-order chi connectivity index (χ0) is 17.5. The minimum Gasteiger partial charge on any atom is -0.383 e.